The maximum atomic E-state index is 2.59. The zero-order valence-electron chi connectivity index (χ0n) is 38.0. The highest BCUT2D eigenvalue weighted by Crippen LogP contribution is 2.60. The lowest BCUT2D eigenvalue weighted by Gasteiger charge is -2.33. The van der Waals surface area contributed by atoms with E-state index in [9.17, 15) is 0 Å². The first-order valence-corrected chi connectivity index (χ1v) is 24.6. The molecule has 0 amide bonds. The molecule has 0 fully saturated rings. The van der Waals surface area contributed by atoms with Gasteiger partial charge >= 0.3 is 0 Å². The van der Waals surface area contributed by atoms with Gasteiger partial charge in [-0.2, -0.15) is 0 Å². The van der Waals surface area contributed by atoms with Gasteiger partial charge in [-0.15, -0.1) is 0 Å². The number of para-hydroxylation sites is 2. The molecular weight excluding hydrogens is 845 g/mol. The molecule has 70 heavy (non-hydrogen) atoms. The minimum Gasteiger partial charge on any atom is -0.308 e. The quantitative estimate of drug-likeness (QED) is 0.167. The summed E-state index contributed by atoms with van der Waals surface area (Å²) in [6.45, 7) is 0. The van der Waals surface area contributed by atoms with Crippen molar-refractivity contribution in [2.75, 3.05) is 0 Å². The third kappa shape index (κ3) is 4.22. The molecule has 11 aromatic carbocycles. The second-order valence-electron chi connectivity index (χ2n) is 19.8. The van der Waals surface area contributed by atoms with Gasteiger partial charge in [0.15, 0.2) is 0 Å². The molecule has 0 saturated heterocycles. The number of benzene rings is 11. The molecule has 322 valence electrons. The van der Waals surface area contributed by atoms with E-state index in [0.29, 0.717) is 0 Å². The fourth-order valence-corrected chi connectivity index (χ4v) is 14.3. The molecule has 0 unspecified atom stereocenters. The van der Waals surface area contributed by atoms with Crippen LogP contribution in [0.4, 0.5) is 0 Å². The van der Waals surface area contributed by atoms with Gasteiger partial charge in [0.25, 0.3) is 0 Å². The minimum absolute atomic E-state index is 0.459. The Morgan fingerprint density at radius 2 is 0.514 bits per heavy atom. The first-order chi connectivity index (χ1) is 34.7. The number of fused-ring (bicyclic) bond motifs is 18. The number of hydrogen-bond donors (Lipinski definition) is 0. The molecule has 0 radical (unpaired) electrons. The molecule has 0 spiro atoms. The van der Waals surface area contributed by atoms with Crippen LogP contribution < -0.4 is 0 Å². The SMILES string of the molecule is c1ccc(C2(c3ccccc3)c3ccccc3-c3cc4c(cc32)c2cccc3c5cc6c(cc5n4c23)c2cccc3c4cc5c(cc4n6c32)-c2ccccc2C5(c2ccccc2)c2ccccc2)cc1. The Morgan fingerprint density at radius 3 is 0.871 bits per heavy atom. The molecule has 0 bridgehead atoms. The van der Waals surface area contributed by atoms with E-state index in [1.165, 1.54) is 143 Å². The van der Waals surface area contributed by atoms with Crippen LogP contribution in [0.25, 0.3) is 98.4 Å². The van der Waals surface area contributed by atoms with Crippen molar-refractivity contribution in [1.29, 1.82) is 0 Å². The zero-order chi connectivity index (χ0) is 45.5. The zero-order valence-corrected chi connectivity index (χ0v) is 38.0. The fourth-order valence-electron chi connectivity index (χ4n) is 14.3. The standard InChI is InChI=1S/C68H40N2/c1-5-19-41(20-6-1)67(42-21-7-2-8-22-42)57-33-15-13-27-45(57)51-37-61-53(35-59(51)67)47-29-17-31-49-55-40-64-56(39-63(55)69(61)65(47)49)50-32-18-30-48-54-36-60-52(38-62(54)70(64)66(48)50)46-28-14-16-34-58(46)68(60,43-23-9-3-10-24-43)44-25-11-4-12-26-44/h1-40H. The van der Waals surface area contributed by atoms with E-state index in [1.54, 1.807) is 0 Å². The molecule has 0 saturated carbocycles. The third-order valence-corrected chi connectivity index (χ3v) is 16.9. The summed E-state index contributed by atoms with van der Waals surface area (Å²) in [7, 11) is 0. The van der Waals surface area contributed by atoms with Crippen LogP contribution >= 0.6 is 0 Å². The van der Waals surface area contributed by atoms with Gasteiger partial charge in [-0.25, -0.2) is 0 Å². The van der Waals surface area contributed by atoms with E-state index in [-0.39, 0.29) is 0 Å². The summed E-state index contributed by atoms with van der Waals surface area (Å²) in [6.07, 6.45) is 0. The van der Waals surface area contributed by atoms with Gasteiger partial charge in [0.2, 0.25) is 0 Å². The van der Waals surface area contributed by atoms with Crippen molar-refractivity contribution in [3.05, 3.63) is 287 Å². The van der Waals surface area contributed by atoms with Gasteiger partial charge in [0, 0.05) is 43.1 Å². The molecule has 0 aliphatic heterocycles. The first-order valence-electron chi connectivity index (χ1n) is 24.6. The summed E-state index contributed by atoms with van der Waals surface area (Å²) in [4.78, 5) is 0. The normalized spacial score (nSPS) is 14.5. The average molecular weight is 885 g/mol. The van der Waals surface area contributed by atoms with E-state index in [4.69, 9.17) is 0 Å². The molecule has 4 heterocycles. The second kappa shape index (κ2) is 13.0. The summed E-state index contributed by atoms with van der Waals surface area (Å²) in [5.74, 6) is 0. The Hall–Kier alpha value is -8.98. The molecular formula is C68H40N2. The molecule has 0 N–H and O–H groups in total. The minimum atomic E-state index is -0.459. The summed E-state index contributed by atoms with van der Waals surface area (Å²) < 4.78 is 5.18. The lowest BCUT2D eigenvalue weighted by Crippen LogP contribution is -2.28. The predicted molar refractivity (Wildman–Crippen MR) is 290 cm³/mol. The van der Waals surface area contributed by atoms with Crippen LogP contribution in [-0.2, 0) is 10.8 Å². The molecule has 2 nitrogen and oxygen atoms in total. The van der Waals surface area contributed by atoms with Gasteiger partial charge in [-0.3, -0.25) is 0 Å². The predicted octanol–water partition coefficient (Wildman–Crippen LogP) is 16.7. The van der Waals surface area contributed by atoms with Crippen molar-refractivity contribution in [1.82, 2.24) is 8.80 Å². The van der Waals surface area contributed by atoms with Crippen LogP contribution in [0.15, 0.2) is 243 Å². The fraction of sp³-hybridized carbons (Fsp3) is 0.0294. The molecule has 0 atom stereocenters. The number of nitrogens with zero attached hydrogens (tertiary/aromatic N) is 2. The van der Waals surface area contributed by atoms with Crippen LogP contribution in [-0.4, -0.2) is 8.80 Å². The van der Waals surface area contributed by atoms with Crippen LogP contribution in [0.2, 0.25) is 0 Å². The van der Waals surface area contributed by atoms with E-state index in [2.05, 4.69) is 251 Å². The van der Waals surface area contributed by atoms with E-state index < -0.39 is 10.8 Å². The molecule has 2 aliphatic carbocycles. The van der Waals surface area contributed by atoms with Gasteiger partial charge in [-0.1, -0.05) is 206 Å². The summed E-state index contributed by atoms with van der Waals surface area (Å²) in [6, 6.07) is 92.0. The van der Waals surface area contributed by atoms with Crippen molar-refractivity contribution in [2.45, 2.75) is 10.8 Å². The molecule has 15 aromatic rings. The van der Waals surface area contributed by atoms with Crippen molar-refractivity contribution in [3.8, 4) is 22.3 Å². The molecule has 2 heteroatoms. The second-order valence-corrected chi connectivity index (χ2v) is 19.8. The Kier molecular flexibility index (Phi) is 6.86. The maximum absolute atomic E-state index is 2.59. The van der Waals surface area contributed by atoms with Crippen molar-refractivity contribution < 1.29 is 0 Å². The third-order valence-electron chi connectivity index (χ3n) is 16.9. The highest BCUT2D eigenvalue weighted by Gasteiger charge is 2.48. The van der Waals surface area contributed by atoms with Gasteiger partial charge in [0.05, 0.1) is 43.9 Å². The molecule has 2 aliphatic rings. The Balaban J connectivity index is 0.962. The van der Waals surface area contributed by atoms with E-state index in [0.717, 1.165) is 0 Å². The number of aromatic nitrogens is 2. The van der Waals surface area contributed by atoms with E-state index in [1.807, 2.05) is 0 Å². The van der Waals surface area contributed by atoms with Crippen LogP contribution in [0.3, 0.4) is 0 Å². The Morgan fingerprint density at radius 1 is 0.214 bits per heavy atom. The Bertz CT molecular complexity index is 4290. The van der Waals surface area contributed by atoms with Crippen molar-refractivity contribution >= 4 is 76.2 Å². The van der Waals surface area contributed by atoms with Crippen LogP contribution in [0.5, 0.6) is 0 Å². The topological polar surface area (TPSA) is 8.82 Å². The van der Waals surface area contributed by atoms with Crippen molar-refractivity contribution in [2.24, 2.45) is 0 Å². The highest BCUT2D eigenvalue weighted by molar-refractivity contribution is 6.29. The first kappa shape index (κ1) is 37.1. The highest BCUT2D eigenvalue weighted by atomic mass is 14.9. The van der Waals surface area contributed by atoms with E-state index >= 15 is 0 Å². The van der Waals surface area contributed by atoms with Gasteiger partial charge in [0.1, 0.15) is 0 Å². The lowest BCUT2D eigenvalue weighted by molar-refractivity contribution is 0.769. The van der Waals surface area contributed by atoms with Crippen LogP contribution in [0, 0.1) is 0 Å². The molecule has 4 aromatic heterocycles. The van der Waals surface area contributed by atoms with Gasteiger partial charge < -0.3 is 8.80 Å². The summed E-state index contributed by atoms with van der Waals surface area (Å²) in [5, 5.41) is 10.3. The summed E-state index contributed by atoms with van der Waals surface area (Å²) >= 11 is 0. The lowest BCUT2D eigenvalue weighted by atomic mass is 9.67. The maximum Gasteiger partial charge on any atom is 0.0713 e. The number of rotatable bonds is 4. The average Bonchev–Trinajstić information content (AvgIpc) is 4.25. The molecule has 17 rings (SSSR count). The van der Waals surface area contributed by atoms with Gasteiger partial charge in [-0.05, 0) is 103 Å². The summed E-state index contributed by atoms with van der Waals surface area (Å²) in [5.41, 5.74) is 22.4. The Labute approximate surface area is 403 Å². The number of hydrogen-bond acceptors (Lipinski definition) is 0. The largest absolute Gasteiger partial charge is 0.308 e. The van der Waals surface area contributed by atoms with Crippen molar-refractivity contribution in [3.63, 3.8) is 0 Å². The van der Waals surface area contributed by atoms with Crippen LogP contribution in [0.1, 0.15) is 44.5 Å². The monoisotopic (exact) mass is 884 g/mol. The smallest absolute Gasteiger partial charge is 0.0713 e.